The van der Waals surface area contributed by atoms with Gasteiger partial charge in [-0.2, -0.15) is 0 Å². The fourth-order valence-electron chi connectivity index (χ4n) is 43.1. The van der Waals surface area contributed by atoms with Crippen molar-refractivity contribution in [3.05, 3.63) is 161 Å². The molecule has 2 aliphatic heterocycles. The number of piperidine rings is 2. The fraction of sp³-hybridized carbons (Fsp3) is 0.559. The first-order valence-corrected chi connectivity index (χ1v) is 54.2. The number of anilines is 2. The van der Waals surface area contributed by atoms with E-state index in [9.17, 15) is 20.2 Å². The largest absolute Gasteiger partial charge is 0.399 e. The Morgan fingerprint density at radius 1 is 0.276 bits per heavy atom. The van der Waals surface area contributed by atoms with E-state index < -0.39 is 0 Å². The van der Waals surface area contributed by atoms with E-state index in [2.05, 4.69) is 64.4 Å². The van der Waals surface area contributed by atoms with E-state index in [1.165, 1.54) is 160 Å². The molecule has 134 heavy (non-hydrogen) atoms. The molecule has 16 aliphatic carbocycles. The van der Waals surface area contributed by atoms with Crippen LogP contribution in [0.5, 0.6) is 0 Å². The number of nitrogens with zero attached hydrogens (tertiary/aromatic N) is 8. The van der Waals surface area contributed by atoms with Gasteiger partial charge in [0.2, 0.25) is 0 Å². The molecule has 4 aromatic heterocycles. The van der Waals surface area contributed by atoms with Gasteiger partial charge in [-0.15, -0.1) is 0 Å². The molecule has 20 unspecified atom stereocenters. The molecule has 18 aliphatic rings. The smallest absolute Gasteiger partial charge is 0.272 e. The second kappa shape index (κ2) is 27.2. The van der Waals surface area contributed by atoms with Crippen LogP contribution in [-0.2, 0) is 13.1 Å². The van der Waals surface area contributed by atoms with Crippen LogP contribution in [0.15, 0.2) is 119 Å². The summed E-state index contributed by atoms with van der Waals surface area (Å²) in [6.45, 7) is 5.39. The summed E-state index contributed by atoms with van der Waals surface area (Å²) in [5.74, 6) is 29.3. The number of nitro groups is 2. The zero-order valence-electron chi connectivity index (χ0n) is 77.1. The maximum absolute atomic E-state index is 16.3. The summed E-state index contributed by atoms with van der Waals surface area (Å²) in [7, 11) is 0. The van der Waals surface area contributed by atoms with Crippen molar-refractivity contribution in [1.29, 1.82) is 0 Å². The molecular formula is C118H122N10O6. The number of fused-ring (bicyclic) bond motifs is 20. The first-order chi connectivity index (χ1) is 65.7. The predicted octanol–water partition coefficient (Wildman–Crippen LogP) is 25.3. The Labute approximate surface area is 778 Å². The van der Waals surface area contributed by atoms with Crippen molar-refractivity contribution in [2.75, 3.05) is 37.6 Å². The molecule has 4 N–H and O–H groups in total. The number of aromatic nitrogens is 4. The number of pyridine rings is 2. The van der Waals surface area contributed by atoms with E-state index in [4.69, 9.17) is 21.4 Å². The van der Waals surface area contributed by atoms with Gasteiger partial charge in [0.05, 0.1) is 31.9 Å². The Morgan fingerprint density at radius 2 is 0.582 bits per heavy atom. The molecule has 680 valence electrons. The molecule has 15 aromatic rings. The van der Waals surface area contributed by atoms with E-state index in [0.29, 0.717) is 102 Å². The third-order valence-corrected chi connectivity index (χ3v) is 45.9. The van der Waals surface area contributed by atoms with Gasteiger partial charge in [-0.3, -0.25) is 48.4 Å². The number of non-ortho nitro benzene ring substituents is 2. The van der Waals surface area contributed by atoms with Gasteiger partial charge < -0.3 is 11.5 Å². The first kappa shape index (κ1) is 77.4. The van der Waals surface area contributed by atoms with Crippen molar-refractivity contribution in [3.8, 4) is 0 Å². The minimum Gasteiger partial charge on any atom is -0.399 e. The van der Waals surface area contributed by atoms with Gasteiger partial charge in [0.25, 0.3) is 22.5 Å². The van der Waals surface area contributed by atoms with Crippen LogP contribution in [0.4, 0.5) is 22.7 Å². The van der Waals surface area contributed by atoms with Gasteiger partial charge in [-0.05, 0) is 437 Å². The SMILES string of the molecule is Nc1ccc2c(c1)c(CN1CC3CCC4C5CCC6C7CCC[C@H]8CCCC(C78)C7CCC(C8CCC(C1)[C@@H]3C84)C5[C@H]76)c1cc(N)cc3c1c2nc1c2ccc4c5ccc6c(=O)n7c8cc([N+](=O)[O-])cc9c(CN%10CC%11CCC%12C%13CCC%14C%15CCCC%16CCCC(C%17CCC(C%18CCC(C%10)C%11C%12%18)C%13C%14%17)C%16%15)c%10cc([N+](=O)[O-])ccc%10c(nc7c7ccc(c%10ccc(c(=O)n31)c2c%104)c5c67)c98. The third kappa shape index (κ3) is 9.82. The van der Waals surface area contributed by atoms with Gasteiger partial charge in [0, 0.05) is 129 Å². The average molecular weight is 1780 g/mol. The van der Waals surface area contributed by atoms with Crippen LogP contribution in [0.2, 0.25) is 0 Å². The van der Waals surface area contributed by atoms with E-state index >= 15 is 9.59 Å². The highest BCUT2D eigenvalue weighted by Gasteiger charge is 2.70. The lowest BCUT2D eigenvalue weighted by Crippen LogP contribution is -2.66. The van der Waals surface area contributed by atoms with Crippen LogP contribution in [0.1, 0.15) is 191 Å². The number of hydrogen-bond acceptors (Lipinski definition) is 12. The zero-order chi connectivity index (χ0) is 87.8. The summed E-state index contributed by atoms with van der Waals surface area (Å²) in [6.07, 6.45) is 41.1. The summed E-state index contributed by atoms with van der Waals surface area (Å²) in [4.78, 5) is 75.9. The highest BCUT2D eigenvalue weighted by molar-refractivity contribution is 6.41. The van der Waals surface area contributed by atoms with Crippen molar-refractivity contribution in [2.24, 2.45) is 189 Å². The molecule has 16 heteroatoms. The number of likely N-dealkylation sites (tertiary alicyclic amines) is 2. The van der Waals surface area contributed by atoms with Crippen molar-refractivity contribution in [1.82, 2.24) is 28.6 Å². The molecule has 0 amide bonds. The first-order valence-electron chi connectivity index (χ1n) is 54.2. The fourth-order valence-corrected chi connectivity index (χ4v) is 43.1. The standard InChI is InChI=1S/C118H122N10O6/c119-59-17-23-83-89(41-59)93(51-123-47-55-13-19-67-75-29-25-71-63-9-1-5-53-6-2-10-64(99(53)63)72-26-30-76(105(75)103(71)72)68-20-14-56(48-123)97(55)101(67)68)91-42-60(120)43-95-111(91)113(83)121-115-85-37-33-79-82-36-40-88-110-86(38-34-80(108(82)110)81-35-39-87(109(85)107(79)81)117(129)125(95)115)116-122-114-84-24-18-61(127(131)132)44-90(84)94(92-45-62(128(133)134)46-96(112(92)114)126(116)118(88)130)52-124-49-57-15-21-69-77-31-27-73-65-11-3-7-54-8-4-12-66(100(54)65)74-28-32-78(106(77)104(73)74)70-22-16-58(50-124)98(57)102(69)70/h17-18,23-24,33-46,53-58,63-78,97-106H,1-16,19-22,25-32,47-52,119-120H2/t53-,54?,55?,56?,57?,58?,63?,64?,65?,66?,67?,68?,69?,70?,71?,72?,73?,74?,75?,76?,77?,78?,97+,98?,99?,100?,101?,102?,103-,104?,105?,106?. The number of hydrogen-bond donors (Lipinski definition) is 2. The van der Waals surface area contributed by atoms with Crippen LogP contribution < -0.4 is 22.6 Å². The van der Waals surface area contributed by atoms with Gasteiger partial charge in [0.1, 0.15) is 11.3 Å². The molecular weight excluding hydrogens is 1650 g/mol. The molecule has 16 nitrogen and oxygen atoms in total. The molecule has 20 atom stereocenters. The van der Waals surface area contributed by atoms with Crippen molar-refractivity contribution in [3.63, 3.8) is 0 Å². The summed E-state index contributed by atoms with van der Waals surface area (Å²) < 4.78 is 3.49. The highest BCUT2D eigenvalue weighted by atomic mass is 16.6. The van der Waals surface area contributed by atoms with E-state index in [1.54, 1.807) is 54.3 Å². The van der Waals surface area contributed by atoms with Gasteiger partial charge >= 0.3 is 0 Å². The normalized spacial score (nSPS) is 38.9. The summed E-state index contributed by atoms with van der Waals surface area (Å²) in [6, 6.07) is 35.5. The Bertz CT molecular complexity index is 7750. The molecule has 0 radical (unpaired) electrons. The summed E-state index contributed by atoms with van der Waals surface area (Å²) >= 11 is 0. The van der Waals surface area contributed by atoms with E-state index in [1.807, 2.05) is 34.7 Å². The summed E-state index contributed by atoms with van der Waals surface area (Å²) in [5, 5.41) is 43.3. The lowest BCUT2D eigenvalue weighted by Gasteiger charge is -2.71. The van der Waals surface area contributed by atoms with E-state index in [-0.39, 0.29) is 32.3 Å². The predicted molar refractivity (Wildman–Crippen MR) is 534 cm³/mol. The Morgan fingerprint density at radius 3 is 0.978 bits per heavy atom. The van der Waals surface area contributed by atoms with Gasteiger partial charge in [-0.1, -0.05) is 81.7 Å². The van der Waals surface area contributed by atoms with Crippen molar-refractivity contribution < 1.29 is 9.85 Å². The van der Waals surface area contributed by atoms with Gasteiger partial charge in [-0.25, -0.2) is 9.97 Å². The molecule has 6 heterocycles. The van der Waals surface area contributed by atoms with Crippen LogP contribution in [0, 0.1) is 210 Å². The number of benzene rings is 11. The molecule has 11 aromatic carbocycles. The molecule has 2 saturated heterocycles. The zero-order valence-corrected chi connectivity index (χ0v) is 77.1. The second-order valence-electron chi connectivity index (χ2n) is 49.5. The summed E-state index contributed by atoms with van der Waals surface area (Å²) in [5.41, 5.74) is 20.4. The Kier molecular flexibility index (Phi) is 15.7. The number of nitrogen functional groups attached to an aromatic ring is 2. The maximum atomic E-state index is 16.3. The number of nitro benzene ring substituents is 2. The molecule has 16 saturated carbocycles. The van der Waals surface area contributed by atoms with Crippen LogP contribution >= 0.6 is 0 Å². The second-order valence-corrected chi connectivity index (χ2v) is 49.5. The van der Waals surface area contributed by atoms with Crippen LogP contribution in [0.3, 0.4) is 0 Å². The average Bonchev–Trinajstić information content (AvgIpc) is 0.685. The monoisotopic (exact) mass is 1770 g/mol. The van der Waals surface area contributed by atoms with Crippen LogP contribution in [0.25, 0.3) is 141 Å². The van der Waals surface area contributed by atoms with Crippen molar-refractivity contribution >= 4 is 164 Å². The topological polar surface area (TPSA) is 214 Å². The highest BCUT2D eigenvalue weighted by Crippen LogP contribution is 2.76. The minimum absolute atomic E-state index is 0.0435. The quantitative estimate of drug-likeness (QED) is 0.0523. The molecule has 0 bridgehead atoms. The molecule has 33 rings (SSSR count). The molecule has 18 fully saturated rings. The van der Waals surface area contributed by atoms with Crippen LogP contribution in [-0.4, -0.2) is 64.6 Å². The van der Waals surface area contributed by atoms with Gasteiger partial charge in [0.15, 0.2) is 0 Å². The molecule has 0 spiro atoms. The number of rotatable bonds is 6. The maximum Gasteiger partial charge on any atom is 0.272 e. The minimum atomic E-state index is -0.344. The van der Waals surface area contributed by atoms with Crippen molar-refractivity contribution in [2.45, 2.75) is 193 Å². The number of nitrogens with two attached hydrogens (primary N) is 2. The van der Waals surface area contributed by atoms with E-state index in [0.717, 1.165) is 285 Å². The lowest BCUT2D eigenvalue weighted by molar-refractivity contribution is -0.384. The third-order valence-electron chi connectivity index (χ3n) is 45.9. The lowest BCUT2D eigenvalue weighted by atomic mass is 9.34. The Balaban J connectivity index is 0.474. The Hall–Kier alpha value is -9.64.